The van der Waals surface area contributed by atoms with E-state index in [1.807, 2.05) is 6.92 Å². The van der Waals surface area contributed by atoms with Crippen molar-refractivity contribution in [3.63, 3.8) is 0 Å². The van der Waals surface area contributed by atoms with Crippen molar-refractivity contribution in [2.45, 2.75) is 40.7 Å². The average Bonchev–Trinajstić information content (AvgIpc) is 2.46. The first-order valence-corrected chi connectivity index (χ1v) is 5.63. The van der Waals surface area contributed by atoms with E-state index in [2.05, 4.69) is 43.0 Å². The number of nitrogens with one attached hydrogen (secondary N) is 1. The van der Waals surface area contributed by atoms with Crippen molar-refractivity contribution in [1.29, 1.82) is 0 Å². The van der Waals surface area contributed by atoms with Crippen molar-refractivity contribution in [3.05, 3.63) is 11.9 Å². The first kappa shape index (κ1) is 11.2. The summed E-state index contributed by atoms with van der Waals surface area (Å²) in [4.78, 5) is 8.40. The van der Waals surface area contributed by atoms with Gasteiger partial charge in [-0.05, 0) is 17.8 Å². The Labute approximate surface area is 96.7 Å². The van der Waals surface area contributed by atoms with Crippen LogP contribution in [0.1, 0.15) is 33.5 Å². The zero-order chi connectivity index (χ0) is 12.1. The fraction of sp³-hybridized carbons (Fsp3) is 0.667. The van der Waals surface area contributed by atoms with Crippen LogP contribution >= 0.6 is 0 Å². The predicted molar refractivity (Wildman–Crippen MR) is 66.2 cm³/mol. The van der Waals surface area contributed by atoms with Crippen LogP contribution in [0.4, 0.5) is 11.6 Å². The third-order valence-corrected chi connectivity index (χ3v) is 4.17. The molecule has 0 aromatic carbocycles. The zero-order valence-electron chi connectivity index (χ0n) is 10.6. The van der Waals surface area contributed by atoms with Crippen LogP contribution in [0.15, 0.2) is 6.07 Å². The van der Waals surface area contributed by atoms with Crippen LogP contribution in [0.5, 0.6) is 0 Å². The van der Waals surface area contributed by atoms with Crippen molar-refractivity contribution < 1.29 is 0 Å². The van der Waals surface area contributed by atoms with Gasteiger partial charge >= 0.3 is 0 Å². The van der Waals surface area contributed by atoms with Gasteiger partial charge in [0.1, 0.15) is 17.5 Å². The smallest absolute Gasteiger partial charge is 0.132 e. The number of nitrogens with two attached hydrogens (primary N) is 1. The molecule has 3 N–H and O–H groups in total. The minimum absolute atomic E-state index is 0.292. The number of aromatic nitrogens is 2. The minimum Gasteiger partial charge on any atom is -0.384 e. The largest absolute Gasteiger partial charge is 0.384 e. The Balaban J connectivity index is 2.18. The van der Waals surface area contributed by atoms with Crippen molar-refractivity contribution in [3.8, 4) is 0 Å². The van der Waals surface area contributed by atoms with Crippen LogP contribution in [-0.4, -0.2) is 16.0 Å². The van der Waals surface area contributed by atoms with E-state index in [4.69, 9.17) is 5.73 Å². The molecule has 1 aliphatic rings. The zero-order valence-corrected chi connectivity index (χ0v) is 10.6. The van der Waals surface area contributed by atoms with Gasteiger partial charge in [0.05, 0.1) is 0 Å². The molecule has 16 heavy (non-hydrogen) atoms. The summed E-state index contributed by atoms with van der Waals surface area (Å²) >= 11 is 0. The maximum atomic E-state index is 5.70. The molecule has 0 aliphatic heterocycles. The highest BCUT2D eigenvalue weighted by molar-refractivity contribution is 5.48. The van der Waals surface area contributed by atoms with Crippen molar-refractivity contribution in [2.24, 2.45) is 10.8 Å². The SMILES string of the molecule is Cc1nc(N)cc(NC2C(C)(C)C2(C)C)n1. The monoisotopic (exact) mass is 220 g/mol. The minimum atomic E-state index is 0.292. The second-order valence-corrected chi connectivity index (χ2v) is 5.75. The lowest BCUT2D eigenvalue weighted by Crippen LogP contribution is -2.12. The second-order valence-electron chi connectivity index (χ2n) is 5.75. The lowest BCUT2D eigenvalue weighted by Gasteiger charge is -2.08. The Morgan fingerprint density at radius 1 is 1.19 bits per heavy atom. The highest BCUT2D eigenvalue weighted by atomic mass is 15.1. The van der Waals surface area contributed by atoms with Gasteiger partial charge in [0, 0.05) is 12.1 Å². The van der Waals surface area contributed by atoms with Crippen molar-refractivity contribution in [2.75, 3.05) is 11.1 Å². The summed E-state index contributed by atoms with van der Waals surface area (Å²) in [7, 11) is 0. The highest BCUT2D eigenvalue weighted by Crippen LogP contribution is 2.63. The Bertz CT molecular complexity index is 389. The molecule has 0 bridgehead atoms. The van der Waals surface area contributed by atoms with Crippen molar-refractivity contribution >= 4 is 11.6 Å². The first-order chi connectivity index (χ1) is 7.25. The van der Waals surface area contributed by atoms with Gasteiger partial charge < -0.3 is 11.1 Å². The summed E-state index contributed by atoms with van der Waals surface area (Å²) in [6.45, 7) is 10.9. The first-order valence-electron chi connectivity index (χ1n) is 5.63. The lowest BCUT2D eigenvalue weighted by atomic mass is 10.0. The van der Waals surface area contributed by atoms with Gasteiger partial charge in [0.15, 0.2) is 0 Å². The van der Waals surface area contributed by atoms with Gasteiger partial charge in [-0.15, -0.1) is 0 Å². The number of anilines is 2. The molecule has 1 saturated carbocycles. The van der Waals surface area contributed by atoms with Crippen LogP contribution in [0.2, 0.25) is 0 Å². The summed E-state index contributed by atoms with van der Waals surface area (Å²) in [5.41, 5.74) is 6.28. The molecule has 1 heterocycles. The molecule has 1 aliphatic carbocycles. The molecule has 1 aromatic heterocycles. The molecule has 0 radical (unpaired) electrons. The van der Waals surface area contributed by atoms with Gasteiger partial charge in [-0.1, -0.05) is 27.7 Å². The quantitative estimate of drug-likeness (QED) is 0.802. The third-order valence-electron chi connectivity index (χ3n) is 4.17. The Hall–Kier alpha value is -1.32. The van der Waals surface area contributed by atoms with E-state index in [9.17, 15) is 0 Å². The van der Waals surface area contributed by atoms with Gasteiger partial charge in [0.2, 0.25) is 0 Å². The predicted octanol–water partition coefficient (Wildman–Crippen LogP) is 2.21. The molecular weight excluding hydrogens is 200 g/mol. The van der Waals surface area contributed by atoms with Crippen molar-refractivity contribution in [1.82, 2.24) is 9.97 Å². The van der Waals surface area contributed by atoms with E-state index in [1.54, 1.807) is 6.07 Å². The van der Waals surface area contributed by atoms with Crippen LogP contribution < -0.4 is 11.1 Å². The maximum absolute atomic E-state index is 5.70. The normalized spacial score (nSPS) is 21.8. The Morgan fingerprint density at radius 3 is 2.19 bits per heavy atom. The molecule has 1 aromatic rings. The molecular formula is C12H20N4. The van der Waals surface area contributed by atoms with Gasteiger partial charge in [-0.3, -0.25) is 0 Å². The molecule has 0 atom stereocenters. The number of aryl methyl sites for hydroxylation is 1. The summed E-state index contributed by atoms with van der Waals surface area (Å²) in [6, 6.07) is 2.23. The Morgan fingerprint density at radius 2 is 1.75 bits per heavy atom. The summed E-state index contributed by atoms with van der Waals surface area (Å²) in [5.74, 6) is 2.05. The summed E-state index contributed by atoms with van der Waals surface area (Å²) < 4.78 is 0. The van der Waals surface area contributed by atoms with E-state index >= 15 is 0 Å². The number of hydrogen-bond acceptors (Lipinski definition) is 4. The van der Waals surface area contributed by atoms with Gasteiger partial charge in [-0.2, -0.15) is 0 Å². The molecule has 88 valence electrons. The second kappa shape index (κ2) is 3.09. The number of nitrogen functional groups attached to an aromatic ring is 1. The fourth-order valence-electron chi connectivity index (χ4n) is 2.37. The molecule has 1 fully saturated rings. The standard InChI is InChI=1S/C12H20N4/c1-7-14-8(13)6-9(15-7)16-10-11(2,3)12(10,4)5/h6,10H,1-5H3,(H3,13,14,15,16). The number of nitrogens with zero attached hydrogens (tertiary/aromatic N) is 2. The number of rotatable bonds is 2. The lowest BCUT2D eigenvalue weighted by molar-refractivity contribution is 0.457. The van der Waals surface area contributed by atoms with E-state index < -0.39 is 0 Å². The van der Waals surface area contributed by atoms with E-state index in [0.29, 0.717) is 28.5 Å². The van der Waals surface area contributed by atoms with Crippen LogP contribution in [0.3, 0.4) is 0 Å². The average molecular weight is 220 g/mol. The molecule has 4 heteroatoms. The number of hydrogen-bond donors (Lipinski definition) is 2. The van der Waals surface area contributed by atoms with E-state index in [1.165, 1.54) is 0 Å². The maximum Gasteiger partial charge on any atom is 0.132 e. The summed E-state index contributed by atoms with van der Waals surface area (Å²) in [5, 5.41) is 3.45. The van der Waals surface area contributed by atoms with Gasteiger partial charge in [0.25, 0.3) is 0 Å². The molecule has 0 spiro atoms. The van der Waals surface area contributed by atoms with E-state index in [-0.39, 0.29) is 0 Å². The van der Waals surface area contributed by atoms with Crippen LogP contribution in [0.25, 0.3) is 0 Å². The molecule has 4 nitrogen and oxygen atoms in total. The molecule has 0 saturated heterocycles. The van der Waals surface area contributed by atoms with Gasteiger partial charge in [-0.25, -0.2) is 9.97 Å². The highest BCUT2D eigenvalue weighted by Gasteiger charge is 2.65. The van der Waals surface area contributed by atoms with E-state index in [0.717, 1.165) is 5.82 Å². The van der Waals surface area contributed by atoms with Crippen LogP contribution in [0, 0.1) is 17.8 Å². The Kier molecular flexibility index (Phi) is 2.16. The molecule has 0 amide bonds. The topological polar surface area (TPSA) is 63.8 Å². The fourth-order valence-corrected chi connectivity index (χ4v) is 2.37. The third kappa shape index (κ3) is 1.52. The molecule has 2 rings (SSSR count). The molecule has 0 unspecified atom stereocenters. The summed E-state index contributed by atoms with van der Waals surface area (Å²) in [6.07, 6.45) is 0. The van der Waals surface area contributed by atoms with Crippen LogP contribution in [-0.2, 0) is 0 Å².